The summed E-state index contributed by atoms with van der Waals surface area (Å²) in [6.45, 7) is 1.41. The van der Waals surface area contributed by atoms with Crippen molar-refractivity contribution < 1.29 is 28.7 Å². The summed E-state index contributed by atoms with van der Waals surface area (Å²) < 4.78 is 15.3. The van der Waals surface area contributed by atoms with Crippen LogP contribution in [0.15, 0.2) is 42.5 Å². The van der Waals surface area contributed by atoms with E-state index in [0.717, 1.165) is 0 Å². The number of rotatable bonds is 8. The lowest BCUT2D eigenvalue weighted by Gasteiger charge is -2.15. The first-order chi connectivity index (χ1) is 13.3. The number of hydrogen-bond acceptors (Lipinski definition) is 7. The Kier molecular flexibility index (Phi) is 6.91. The molecule has 9 nitrogen and oxygen atoms in total. The Labute approximate surface area is 161 Å². The number of nitrogens with one attached hydrogen (secondary N) is 1. The molecule has 0 radical (unpaired) electrons. The van der Waals surface area contributed by atoms with Gasteiger partial charge in [-0.2, -0.15) is 0 Å². The smallest absolute Gasteiger partial charge is 0.311 e. The molecule has 0 aromatic heterocycles. The first-order valence-corrected chi connectivity index (χ1v) is 8.29. The lowest BCUT2D eigenvalue weighted by atomic mass is 10.1. The number of nitro groups is 1. The van der Waals surface area contributed by atoms with E-state index in [1.54, 1.807) is 31.4 Å². The van der Waals surface area contributed by atoms with Crippen LogP contribution < -0.4 is 14.8 Å². The van der Waals surface area contributed by atoms with Gasteiger partial charge in [-0.05, 0) is 30.7 Å². The highest BCUT2D eigenvalue weighted by Gasteiger charge is 2.21. The van der Waals surface area contributed by atoms with Gasteiger partial charge in [-0.25, -0.2) is 0 Å². The number of nitrogens with zero attached hydrogens (tertiary/aromatic N) is 1. The van der Waals surface area contributed by atoms with Gasteiger partial charge in [0.25, 0.3) is 11.6 Å². The maximum absolute atomic E-state index is 12.3. The van der Waals surface area contributed by atoms with Crippen molar-refractivity contribution in [3.8, 4) is 11.5 Å². The fourth-order valence-electron chi connectivity index (χ4n) is 2.34. The van der Waals surface area contributed by atoms with Gasteiger partial charge < -0.3 is 19.5 Å². The van der Waals surface area contributed by atoms with Gasteiger partial charge in [0.2, 0.25) is 0 Å². The van der Waals surface area contributed by atoms with Crippen molar-refractivity contribution in [3.05, 3.63) is 58.1 Å². The molecule has 1 amide bonds. The van der Waals surface area contributed by atoms with Gasteiger partial charge in [0, 0.05) is 12.1 Å². The van der Waals surface area contributed by atoms with Crippen LogP contribution in [0.1, 0.15) is 12.5 Å². The molecule has 0 aliphatic carbocycles. The van der Waals surface area contributed by atoms with Crippen molar-refractivity contribution in [3.63, 3.8) is 0 Å². The number of carbonyl (C=O) groups excluding carboxylic acids is 2. The normalized spacial score (nSPS) is 11.2. The van der Waals surface area contributed by atoms with E-state index >= 15 is 0 Å². The molecule has 0 saturated carbocycles. The molecule has 0 aliphatic heterocycles. The van der Waals surface area contributed by atoms with Crippen LogP contribution in [0.2, 0.25) is 0 Å². The molecule has 0 spiro atoms. The Morgan fingerprint density at radius 2 is 1.79 bits per heavy atom. The maximum atomic E-state index is 12.3. The second-order valence-electron chi connectivity index (χ2n) is 5.79. The largest absolute Gasteiger partial charge is 0.497 e. The summed E-state index contributed by atoms with van der Waals surface area (Å²) >= 11 is 0. The molecule has 2 aromatic rings. The van der Waals surface area contributed by atoms with E-state index in [2.05, 4.69) is 5.32 Å². The zero-order valence-electron chi connectivity index (χ0n) is 15.6. The number of esters is 1. The molecule has 0 saturated heterocycles. The monoisotopic (exact) mass is 388 g/mol. The molecule has 148 valence electrons. The first kappa shape index (κ1) is 20.7. The molecule has 1 N–H and O–H groups in total. The van der Waals surface area contributed by atoms with Crippen LogP contribution in [0.5, 0.6) is 11.5 Å². The zero-order chi connectivity index (χ0) is 20.7. The average Bonchev–Trinajstić information content (AvgIpc) is 2.68. The molecule has 1 atom stereocenters. The van der Waals surface area contributed by atoms with Crippen molar-refractivity contribution in [1.82, 2.24) is 0 Å². The standard InChI is InChI=1S/C19H20N2O7/c1-12(28-18(22)10-13-4-7-15(26-2)8-5-13)19(23)20-16-11-14(21(24)25)6-9-17(16)27-3/h4-9,11-12H,10H2,1-3H3,(H,20,23)/t12-/m0/s1. The van der Waals surface area contributed by atoms with Crippen molar-refractivity contribution >= 4 is 23.3 Å². The lowest BCUT2D eigenvalue weighted by Crippen LogP contribution is -2.30. The number of ether oxygens (including phenoxy) is 3. The predicted octanol–water partition coefficient (Wildman–Crippen LogP) is 2.72. The molecule has 2 aromatic carbocycles. The summed E-state index contributed by atoms with van der Waals surface area (Å²) in [6, 6.07) is 10.7. The molecule has 0 heterocycles. The number of methoxy groups -OCH3 is 2. The fourth-order valence-corrected chi connectivity index (χ4v) is 2.34. The number of non-ortho nitro benzene ring substituents is 1. The van der Waals surface area contributed by atoms with Gasteiger partial charge in [0.15, 0.2) is 6.10 Å². The third kappa shape index (κ3) is 5.44. The van der Waals surface area contributed by atoms with Crippen LogP contribution in [0, 0.1) is 10.1 Å². The van der Waals surface area contributed by atoms with Gasteiger partial charge in [0.1, 0.15) is 11.5 Å². The highest BCUT2D eigenvalue weighted by atomic mass is 16.6. The van der Waals surface area contributed by atoms with E-state index in [1.807, 2.05) is 0 Å². The molecule has 28 heavy (non-hydrogen) atoms. The highest BCUT2D eigenvalue weighted by Crippen LogP contribution is 2.29. The summed E-state index contributed by atoms with van der Waals surface area (Å²) in [4.78, 5) is 34.7. The van der Waals surface area contributed by atoms with E-state index < -0.39 is 22.9 Å². The van der Waals surface area contributed by atoms with Crippen LogP contribution in [0.25, 0.3) is 0 Å². The minimum absolute atomic E-state index is 0.0122. The Hall–Kier alpha value is -3.62. The summed E-state index contributed by atoms with van der Waals surface area (Å²) in [5, 5.41) is 13.4. The van der Waals surface area contributed by atoms with E-state index in [0.29, 0.717) is 11.3 Å². The van der Waals surface area contributed by atoms with Gasteiger partial charge in [-0.15, -0.1) is 0 Å². The number of nitro benzene ring substituents is 1. The third-order valence-corrected chi connectivity index (χ3v) is 3.84. The van der Waals surface area contributed by atoms with Crippen molar-refractivity contribution in [1.29, 1.82) is 0 Å². The highest BCUT2D eigenvalue weighted by molar-refractivity contribution is 5.96. The molecule has 9 heteroatoms. The number of hydrogen-bond donors (Lipinski definition) is 1. The van der Waals surface area contributed by atoms with Crippen LogP contribution in [-0.2, 0) is 20.7 Å². The minimum atomic E-state index is -1.10. The Balaban J connectivity index is 1.99. The Bertz CT molecular complexity index is 865. The Morgan fingerprint density at radius 1 is 1.11 bits per heavy atom. The second kappa shape index (κ2) is 9.36. The minimum Gasteiger partial charge on any atom is -0.497 e. The van der Waals surface area contributed by atoms with Crippen molar-refractivity contribution in [2.45, 2.75) is 19.4 Å². The summed E-state index contributed by atoms with van der Waals surface area (Å²) in [7, 11) is 2.91. The quantitative estimate of drug-likeness (QED) is 0.420. The number of anilines is 1. The SMILES string of the molecule is COc1ccc(CC(=O)O[C@@H](C)C(=O)Nc2cc([N+](=O)[O-])ccc2OC)cc1. The van der Waals surface area contributed by atoms with E-state index in [9.17, 15) is 19.7 Å². The Morgan fingerprint density at radius 3 is 2.36 bits per heavy atom. The van der Waals surface area contributed by atoms with Gasteiger partial charge in [0.05, 0.1) is 31.3 Å². The fraction of sp³-hybridized carbons (Fsp3) is 0.263. The van der Waals surface area contributed by atoms with Gasteiger partial charge in [-0.3, -0.25) is 19.7 Å². The first-order valence-electron chi connectivity index (χ1n) is 8.29. The van der Waals surface area contributed by atoms with Crippen LogP contribution in [0.4, 0.5) is 11.4 Å². The molecule has 0 fully saturated rings. The molecular formula is C19H20N2O7. The van der Waals surface area contributed by atoms with Gasteiger partial charge in [-0.1, -0.05) is 12.1 Å². The predicted molar refractivity (Wildman–Crippen MR) is 101 cm³/mol. The van der Waals surface area contributed by atoms with Crippen molar-refractivity contribution in [2.75, 3.05) is 19.5 Å². The van der Waals surface area contributed by atoms with Crippen LogP contribution in [0.3, 0.4) is 0 Å². The molecular weight excluding hydrogens is 368 g/mol. The number of benzene rings is 2. The summed E-state index contributed by atoms with van der Waals surface area (Å²) in [5.41, 5.74) is 0.610. The zero-order valence-corrected chi connectivity index (χ0v) is 15.6. The van der Waals surface area contributed by atoms with Crippen LogP contribution in [-0.4, -0.2) is 37.1 Å². The van der Waals surface area contributed by atoms with Crippen molar-refractivity contribution in [2.24, 2.45) is 0 Å². The molecule has 0 aliphatic rings. The topological polar surface area (TPSA) is 117 Å². The van der Waals surface area contributed by atoms with E-state index in [-0.39, 0.29) is 23.5 Å². The average molecular weight is 388 g/mol. The van der Waals surface area contributed by atoms with Crippen LogP contribution >= 0.6 is 0 Å². The molecule has 2 rings (SSSR count). The summed E-state index contributed by atoms with van der Waals surface area (Å²) in [6.07, 6.45) is -1.11. The number of amides is 1. The lowest BCUT2D eigenvalue weighted by molar-refractivity contribution is -0.384. The summed E-state index contributed by atoms with van der Waals surface area (Å²) in [5.74, 6) is -0.313. The second-order valence-corrected chi connectivity index (χ2v) is 5.79. The van der Waals surface area contributed by atoms with E-state index in [4.69, 9.17) is 14.2 Å². The molecule has 0 bridgehead atoms. The van der Waals surface area contributed by atoms with Gasteiger partial charge >= 0.3 is 5.97 Å². The maximum Gasteiger partial charge on any atom is 0.311 e. The number of carbonyl (C=O) groups is 2. The van der Waals surface area contributed by atoms with E-state index in [1.165, 1.54) is 32.2 Å². The molecule has 0 unspecified atom stereocenters. The third-order valence-electron chi connectivity index (χ3n) is 3.84.